The van der Waals surface area contributed by atoms with Crippen molar-refractivity contribution in [3.63, 3.8) is 0 Å². The van der Waals surface area contributed by atoms with Crippen LogP contribution in [-0.4, -0.2) is 48.1 Å². The van der Waals surface area contributed by atoms with Gasteiger partial charge in [-0.1, -0.05) is 0 Å². The zero-order valence-electron chi connectivity index (χ0n) is 11.1. The van der Waals surface area contributed by atoms with E-state index in [0.717, 1.165) is 4.47 Å². The maximum absolute atomic E-state index is 12.6. The number of halogens is 1. The maximum Gasteiger partial charge on any atom is 0.257 e. The predicted octanol–water partition coefficient (Wildman–Crippen LogP) is 1.64. The third-order valence-electron chi connectivity index (χ3n) is 2.93. The van der Waals surface area contributed by atoms with Crippen LogP contribution in [0.15, 0.2) is 16.7 Å². The largest absolute Gasteiger partial charge is 0.370 e. The first-order chi connectivity index (χ1) is 9.65. The maximum atomic E-state index is 12.6. The molecule has 7 heteroatoms. The number of carbonyl (C=O) groups excluding carboxylic acids is 1. The van der Waals surface area contributed by atoms with E-state index in [4.69, 9.17) is 10.00 Å². The first-order valence-electron chi connectivity index (χ1n) is 6.35. The van der Waals surface area contributed by atoms with Crippen LogP contribution in [0.2, 0.25) is 0 Å². The van der Waals surface area contributed by atoms with Crippen LogP contribution in [0.25, 0.3) is 0 Å². The van der Waals surface area contributed by atoms with Gasteiger partial charge >= 0.3 is 0 Å². The summed E-state index contributed by atoms with van der Waals surface area (Å²) in [7, 11) is 0. The summed E-state index contributed by atoms with van der Waals surface area (Å²) in [6, 6.07) is 3.77. The van der Waals surface area contributed by atoms with E-state index < -0.39 is 6.10 Å². The monoisotopic (exact) mass is 338 g/mol. The highest BCUT2D eigenvalue weighted by Crippen LogP contribution is 2.21. The lowest BCUT2D eigenvalue weighted by atomic mass is 10.2. The number of nitriles is 1. The Hall–Kier alpha value is -1.65. The Morgan fingerprint density at radius 3 is 3.25 bits per heavy atom. The minimum Gasteiger partial charge on any atom is -0.370 e. The molecular weight excluding hydrogens is 324 g/mol. The molecule has 2 rings (SSSR count). The smallest absolute Gasteiger partial charge is 0.257 e. The van der Waals surface area contributed by atoms with E-state index in [1.165, 1.54) is 0 Å². The van der Waals surface area contributed by atoms with Gasteiger partial charge in [0.25, 0.3) is 5.91 Å². The van der Waals surface area contributed by atoms with Gasteiger partial charge < -0.3 is 15.0 Å². The summed E-state index contributed by atoms with van der Waals surface area (Å²) in [4.78, 5) is 18.4. The normalized spacial score (nSPS) is 18.4. The molecule has 1 fully saturated rings. The quantitative estimate of drug-likeness (QED) is 0.906. The molecule has 1 unspecified atom stereocenters. The third kappa shape index (κ3) is 3.26. The minimum absolute atomic E-state index is 0.140. The van der Waals surface area contributed by atoms with Crippen LogP contribution in [0.1, 0.15) is 17.3 Å². The van der Waals surface area contributed by atoms with Crippen molar-refractivity contribution in [3.8, 4) is 6.07 Å². The molecule has 0 aliphatic carbocycles. The topological polar surface area (TPSA) is 78.2 Å². The summed E-state index contributed by atoms with van der Waals surface area (Å²) in [6.45, 7) is 3.77. The Morgan fingerprint density at radius 1 is 1.75 bits per heavy atom. The fraction of sp³-hybridized carbons (Fsp3) is 0.462. The average Bonchev–Trinajstić information content (AvgIpc) is 2.48. The van der Waals surface area contributed by atoms with Gasteiger partial charge in [0.1, 0.15) is 5.82 Å². The number of aromatic nitrogens is 1. The highest BCUT2D eigenvalue weighted by atomic mass is 79.9. The summed E-state index contributed by atoms with van der Waals surface area (Å²) >= 11 is 3.33. The van der Waals surface area contributed by atoms with Gasteiger partial charge in [0.15, 0.2) is 6.10 Å². The molecule has 1 amide bonds. The molecule has 2 heterocycles. The third-order valence-corrected chi connectivity index (χ3v) is 3.36. The SMILES string of the molecule is CCNc1ncc(Br)cc1C(=O)N1CCOC(C#N)C1. The van der Waals surface area contributed by atoms with Crippen LogP contribution < -0.4 is 5.32 Å². The molecule has 20 heavy (non-hydrogen) atoms. The number of carbonyl (C=O) groups is 1. The average molecular weight is 339 g/mol. The van der Waals surface area contributed by atoms with E-state index in [0.29, 0.717) is 31.1 Å². The van der Waals surface area contributed by atoms with E-state index in [1.807, 2.05) is 13.0 Å². The lowest BCUT2D eigenvalue weighted by molar-refractivity contribution is 0.00349. The van der Waals surface area contributed by atoms with Crippen LogP contribution in [0.4, 0.5) is 5.82 Å². The van der Waals surface area contributed by atoms with E-state index in [9.17, 15) is 4.79 Å². The van der Waals surface area contributed by atoms with Gasteiger partial charge in [0, 0.05) is 23.8 Å². The molecule has 0 spiro atoms. The molecule has 0 aromatic carbocycles. The van der Waals surface area contributed by atoms with Crippen molar-refractivity contribution in [3.05, 3.63) is 22.3 Å². The molecule has 0 saturated carbocycles. The van der Waals surface area contributed by atoms with Crippen molar-refractivity contribution in [2.45, 2.75) is 13.0 Å². The molecule has 0 bridgehead atoms. The molecule has 6 nitrogen and oxygen atoms in total. The number of amides is 1. The molecule has 1 aliphatic heterocycles. The predicted molar refractivity (Wildman–Crippen MR) is 77.4 cm³/mol. The number of hydrogen-bond donors (Lipinski definition) is 1. The molecular formula is C13H15BrN4O2. The number of morpholine rings is 1. The first-order valence-corrected chi connectivity index (χ1v) is 7.15. The van der Waals surface area contributed by atoms with Crippen molar-refractivity contribution in [1.29, 1.82) is 5.26 Å². The van der Waals surface area contributed by atoms with Crippen LogP contribution in [0.5, 0.6) is 0 Å². The number of anilines is 1. The van der Waals surface area contributed by atoms with Crippen molar-refractivity contribution in [1.82, 2.24) is 9.88 Å². The number of hydrogen-bond acceptors (Lipinski definition) is 5. The fourth-order valence-corrected chi connectivity index (χ4v) is 2.32. The second-order valence-electron chi connectivity index (χ2n) is 4.32. The molecule has 1 atom stereocenters. The molecule has 1 N–H and O–H groups in total. The minimum atomic E-state index is -0.560. The zero-order valence-corrected chi connectivity index (χ0v) is 12.7. The van der Waals surface area contributed by atoms with E-state index in [1.54, 1.807) is 17.2 Å². The Balaban J connectivity index is 2.24. The van der Waals surface area contributed by atoms with Crippen LogP contribution in [0.3, 0.4) is 0 Å². The van der Waals surface area contributed by atoms with E-state index in [-0.39, 0.29) is 12.5 Å². The number of ether oxygens (including phenoxy) is 1. The summed E-state index contributed by atoms with van der Waals surface area (Å²) in [5, 5.41) is 12.0. The van der Waals surface area contributed by atoms with E-state index in [2.05, 4.69) is 26.2 Å². The zero-order chi connectivity index (χ0) is 14.5. The summed E-state index contributed by atoms with van der Waals surface area (Å²) < 4.78 is 5.99. The summed E-state index contributed by atoms with van der Waals surface area (Å²) in [5.41, 5.74) is 0.500. The second kappa shape index (κ2) is 6.68. The van der Waals surface area contributed by atoms with Crippen LogP contribution in [0, 0.1) is 11.3 Å². The lowest BCUT2D eigenvalue weighted by Gasteiger charge is -2.30. The van der Waals surface area contributed by atoms with Gasteiger partial charge in [-0.15, -0.1) is 0 Å². The Labute approximate surface area is 125 Å². The molecule has 1 saturated heterocycles. The Kier molecular flexibility index (Phi) is 4.93. The van der Waals surface area contributed by atoms with Crippen molar-refractivity contribution in [2.24, 2.45) is 0 Å². The molecule has 1 aromatic heterocycles. The highest BCUT2D eigenvalue weighted by Gasteiger charge is 2.26. The number of nitrogens with one attached hydrogen (secondary N) is 1. The Bertz CT molecular complexity index is 544. The van der Waals surface area contributed by atoms with Crippen LogP contribution >= 0.6 is 15.9 Å². The Morgan fingerprint density at radius 2 is 2.55 bits per heavy atom. The summed E-state index contributed by atoms with van der Waals surface area (Å²) in [5.74, 6) is 0.416. The highest BCUT2D eigenvalue weighted by molar-refractivity contribution is 9.10. The number of nitrogens with zero attached hydrogens (tertiary/aromatic N) is 3. The standard InChI is InChI=1S/C13H15BrN4O2/c1-2-16-12-11(5-9(14)7-17-12)13(19)18-3-4-20-10(6-15)8-18/h5,7,10H,2-4,8H2,1H3,(H,16,17). The second-order valence-corrected chi connectivity index (χ2v) is 5.24. The van der Waals surface area contributed by atoms with Crippen LogP contribution in [-0.2, 0) is 4.74 Å². The fourth-order valence-electron chi connectivity index (χ4n) is 1.99. The molecule has 0 radical (unpaired) electrons. The first kappa shape index (κ1) is 14.8. The van der Waals surface area contributed by atoms with Gasteiger partial charge in [-0.25, -0.2) is 4.98 Å². The number of pyridine rings is 1. The number of rotatable bonds is 3. The van der Waals surface area contributed by atoms with Gasteiger partial charge in [0.2, 0.25) is 0 Å². The lowest BCUT2D eigenvalue weighted by Crippen LogP contribution is -2.45. The molecule has 106 valence electrons. The summed E-state index contributed by atoms with van der Waals surface area (Å²) in [6.07, 6.45) is 1.09. The van der Waals surface area contributed by atoms with Gasteiger partial charge in [-0.2, -0.15) is 5.26 Å². The molecule has 1 aliphatic rings. The van der Waals surface area contributed by atoms with Gasteiger partial charge in [0.05, 0.1) is 24.8 Å². The molecule has 1 aromatic rings. The van der Waals surface area contributed by atoms with Gasteiger partial charge in [-0.3, -0.25) is 4.79 Å². The van der Waals surface area contributed by atoms with Crippen molar-refractivity contribution in [2.75, 3.05) is 31.6 Å². The van der Waals surface area contributed by atoms with E-state index >= 15 is 0 Å². The van der Waals surface area contributed by atoms with Gasteiger partial charge in [-0.05, 0) is 28.9 Å². The van der Waals surface area contributed by atoms with Crippen molar-refractivity contribution >= 4 is 27.7 Å². The van der Waals surface area contributed by atoms with Crippen molar-refractivity contribution < 1.29 is 9.53 Å².